The van der Waals surface area contributed by atoms with E-state index >= 15 is 0 Å². The summed E-state index contributed by atoms with van der Waals surface area (Å²) in [6, 6.07) is 14.9. The minimum Gasteiger partial charge on any atom is -0.497 e. The summed E-state index contributed by atoms with van der Waals surface area (Å²) in [6.07, 6.45) is 0. The lowest BCUT2D eigenvalue weighted by molar-refractivity contribution is 0.0697. The number of thioether (sulfide) groups is 1. The van der Waals surface area contributed by atoms with Crippen LogP contribution < -0.4 is 4.74 Å². The second kappa shape index (κ2) is 6.23. The molecule has 1 aliphatic heterocycles. The van der Waals surface area contributed by atoms with Crippen molar-refractivity contribution in [3.8, 4) is 5.75 Å². The molecule has 0 aromatic heterocycles. The van der Waals surface area contributed by atoms with Crippen molar-refractivity contribution < 1.29 is 14.6 Å². The van der Waals surface area contributed by atoms with E-state index in [2.05, 4.69) is 0 Å². The maximum absolute atomic E-state index is 11.1. The fraction of sp³-hybridized carbons (Fsp3) is 0.176. The lowest BCUT2D eigenvalue weighted by Crippen LogP contribution is -1.99. The van der Waals surface area contributed by atoms with Gasteiger partial charge in [0.25, 0.3) is 0 Å². The second-order valence-electron chi connectivity index (χ2n) is 4.92. The molecule has 0 amide bonds. The first-order valence-electron chi connectivity index (χ1n) is 6.85. The standard InChI is InChI=1S/C17H15NO3S/c1-21-14-7-3-4-11(9-14)15-10-22-16(18-15)12-5-2-6-13(8-12)17(19)20/h2-9,15H,10H2,1H3,(H,19,20). The number of hydrogen-bond donors (Lipinski definition) is 1. The second-order valence-corrected chi connectivity index (χ2v) is 5.93. The summed E-state index contributed by atoms with van der Waals surface area (Å²) in [5, 5.41) is 9.96. The van der Waals surface area contributed by atoms with Gasteiger partial charge < -0.3 is 9.84 Å². The summed E-state index contributed by atoms with van der Waals surface area (Å²) in [5.74, 6) is 0.744. The number of nitrogens with zero attached hydrogens (tertiary/aromatic N) is 1. The summed E-state index contributed by atoms with van der Waals surface area (Å²) >= 11 is 1.65. The lowest BCUT2D eigenvalue weighted by atomic mass is 10.1. The molecular formula is C17H15NO3S. The predicted molar refractivity (Wildman–Crippen MR) is 88.1 cm³/mol. The topological polar surface area (TPSA) is 58.9 Å². The van der Waals surface area contributed by atoms with Gasteiger partial charge in [-0.2, -0.15) is 0 Å². The third-order valence-corrected chi connectivity index (χ3v) is 4.58. The van der Waals surface area contributed by atoms with Gasteiger partial charge in [0.1, 0.15) is 5.75 Å². The highest BCUT2D eigenvalue weighted by Crippen LogP contribution is 2.34. The smallest absolute Gasteiger partial charge is 0.335 e. The van der Waals surface area contributed by atoms with Gasteiger partial charge in [0.2, 0.25) is 0 Å². The quantitative estimate of drug-likeness (QED) is 0.936. The third-order valence-electron chi connectivity index (χ3n) is 3.49. The largest absolute Gasteiger partial charge is 0.497 e. The molecule has 1 atom stereocenters. The van der Waals surface area contributed by atoms with Gasteiger partial charge in [-0.3, -0.25) is 4.99 Å². The number of carbonyl (C=O) groups is 1. The van der Waals surface area contributed by atoms with Gasteiger partial charge >= 0.3 is 5.97 Å². The van der Waals surface area contributed by atoms with Crippen molar-refractivity contribution in [2.24, 2.45) is 4.99 Å². The maximum Gasteiger partial charge on any atom is 0.335 e. The minimum atomic E-state index is -0.921. The molecule has 0 spiro atoms. The van der Waals surface area contributed by atoms with Crippen molar-refractivity contribution in [1.82, 2.24) is 0 Å². The third kappa shape index (κ3) is 2.99. The average Bonchev–Trinajstić information content (AvgIpc) is 3.05. The molecule has 1 unspecified atom stereocenters. The Morgan fingerprint density at radius 2 is 2.09 bits per heavy atom. The van der Waals surface area contributed by atoms with Crippen LogP contribution in [0.15, 0.2) is 53.5 Å². The van der Waals surface area contributed by atoms with Crippen LogP contribution in [0, 0.1) is 0 Å². The van der Waals surface area contributed by atoms with Crippen LogP contribution in [0.2, 0.25) is 0 Å². The normalized spacial score (nSPS) is 17.1. The molecule has 4 nitrogen and oxygen atoms in total. The Morgan fingerprint density at radius 3 is 2.86 bits per heavy atom. The zero-order valence-corrected chi connectivity index (χ0v) is 12.8. The van der Waals surface area contributed by atoms with Crippen molar-refractivity contribution in [3.05, 3.63) is 65.2 Å². The van der Waals surface area contributed by atoms with Crippen molar-refractivity contribution in [1.29, 1.82) is 0 Å². The van der Waals surface area contributed by atoms with E-state index in [9.17, 15) is 4.79 Å². The first-order chi connectivity index (χ1) is 10.7. The van der Waals surface area contributed by atoms with Crippen LogP contribution in [-0.4, -0.2) is 29.0 Å². The van der Waals surface area contributed by atoms with E-state index in [0.29, 0.717) is 0 Å². The zero-order valence-electron chi connectivity index (χ0n) is 12.0. The van der Waals surface area contributed by atoms with Gasteiger partial charge in [-0.05, 0) is 29.8 Å². The Labute approximate surface area is 132 Å². The molecule has 3 rings (SSSR count). The molecule has 112 valence electrons. The molecule has 5 heteroatoms. The number of rotatable bonds is 4. The number of benzene rings is 2. The van der Waals surface area contributed by atoms with Crippen molar-refractivity contribution in [2.75, 3.05) is 12.9 Å². The van der Waals surface area contributed by atoms with E-state index in [-0.39, 0.29) is 11.6 Å². The van der Waals surface area contributed by atoms with Crippen molar-refractivity contribution in [2.45, 2.75) is 6.04 Å². The van der Waals surface area contributed by atoms with E-state index in [1.54, 1.807) is 37.1 Å². The molecule has 0 aliphatic carbocycles. The highest BCUT2D eigenvalue weighted by molar-refractivity contribution is 8.14. The molecule has 1 heterocycles. The summed E-state index contributed by atoms with van der Waals surface area (Å²) < 4.78 is 5.25. The first kappa shape index (κ1) is 14.7. The number of hydrogen-bond acceptors (Lipinski definition) is 4. The number of aromatic carboxylic acids is 1. The molecule has 0 fully saturated rings. The van der Waals surface area contributed by atoms with Crippen LogP contribution in [-0.2, 0) is 0 Å². The zero-order chi connectivity index (χ0) is 15.5. The number of carboxylic acid groups (broad SMARTS) is 1. The van der Waals surface area contributed by atoms with E-state index in [0.717, 1.165) is 27.7 Å². The minimum absolute atomic E-state index is 0.0728. The Morgan fingerprint density at radius 1 is 1.27 bits per heavy atom. The van der Waals surface area contributed by atoms with Crippen LogP contribution in [0.1, 0.15) is 27.5 Å². The highest BCUT2D eigenvalue weighted by Gasteiger charge is 2.21. The molecule has 1 aliphatic rings. The maximum atomic E-state index is 11.1. The number of methoxy groups -OCH3 is 1. The molecule has 22 heavy (non-hydrogen) atoms. The van der Waals surface area contributed by atoms with Crippen LogP contribution in [0.5, 0.6) is 5.75 Å². The van der Waals surface area contributed by atoms with E-state index in [1.807, 2.05) is 30.3 Å². The SMILES string of the molecule is COc1cccc(C2CSC(c3cccc(C(=O)O)c3)=N2)c1. The predicted octanol–water partition coefficient (Wildman–Crippen LogP) is 3.63. The molecule has 0 saturated heterocycles. The highest BCUT2D eigenvalue weighted by atomic mass is 32.2. The molecule has 2 aromatic rings. The van der Waals surface area contributed by atoms with Crippen molar-refractivity contribution in [3.63, 3.8) is 0 Å². The molecule has 0 bridgehead atoms. The van der Waals surface area contributed by atoms with Gasteiger partial charge in [-0.25, -0.2) is 4.79 Å². The van der Waals surface area contributed by atoms with Gasteiger partial charge in [-0.1, -0.05) is 24.3 Å². The Hall–Kier alpha value is -2.27. The molecule has 2 aromatic carbocycles. The summed E-state index contributed by atoms with van der Waals surface area (Å²) in [4.78, 5) is 15.8. The number of aliphatic imine (C=N–C) groups is 1. The van der Waals surface area contributed by atoms with Gasteiger partial charge in [0.05, 0.1) is 23.8 Å². The summed E-state index contributed by atoms with van der Waals surface area (Å²) in [5.41, 5.74) is 2.25. The summed E-state index contributed by atoms with van der Waals surface area (Å²) in [7, 11) is 1.65. The number of carboxylic acids is 1. The average molecular weight is 313 g/mol. The van der Waals surface area contributed by atoms with Crippen LogP contribution in [0.3, 0.4) is 0 Å². The lowest BCUT2D eigenvalue weighted by Gasteiger charge is -2.07. The number of ether oxygens (including phenoxy) is 1. The van der Waals surface area contributed by atoms with Crippen molar-refractivity contribution >= 4 is 22.8 Å². The van der Waals surface area contributed by atoms with Gasteiger partial charge in [-0.15, -0.1) is 11.8 Å². The molecule has 1 N–H and O–H groups in total. The van der Waals surface area contributed by atoms with Crippen LogP contribution in [0.25, 0.3) is 0 Å². The fourth-order valence-electron chi connectivity index (χ4n) is 2.34. The monoisotopic (exact) mass is 313 g/mol. The molecule has 0 saturated carbocycles. The summed E-state index contributed by atoms with van der Waals surface area (Å²) in [6.45, 7) is 0. The van der Waals surface area contributed by atoms with Crippen LogP contribution in [0.4, 0.5) is 0 Å². The molecule has 0 radical (unpaired) electrons. The molecular weight excluding hydrogens is 298 g/mol. The Kier molecular flexibility index (Phi) is 4.15. The van der Waals surface area contributed by atoms with E-state index in [1.165, 1.54) is 0 Å². The van der Waals surface area contributed by atoms with Crippen LogP contribution >= 0.6 is 11.8 Å². The fourth-order valence-corrected chi connectivity index (χ4v) is 3.41. The Balaban J connectivity index is 1.88. The van der Waals surface area contributed by atoms with E-state index < -0.39 is 5.97 Å². The van der Waals surface area contributed by atoms with E-state index in [4.69, 9.17) is 14.8 Å². The van der Waals surface area contributed by atoms with Gasteiger partial charge in [0.15, 0.2) is 0 Å². The Bertz CT molecular complexity index is 742. The first-order valence-corrected chi connectivity index (χ1v) is 7.84. The van der Waals surface area contributed by atoms with Gasteiger partial charge in [0, 0.05) is 11.3 Å².